The van der Waals surface area contributed by atoms with Crippen LogP contribution >= 0.6 is 0 Å². The Morgan fingerprint density at radius 2 is 2.44 bits per heavy atom. The van der Waals surface area contributed by atoms with Gasteiger partial charge in [-0.15, -0.1) is 0 Å². The van der Waals surface area contributed by atoms with Gasteiger partial charge in [-0.05, 0) is 6.42 Å². The normalized spacial score (nSPS) is 9.11. The van der Waals surface area contributed by atoms with Crippen LogP contribution in [0, 0.1) is 6.92 Å². The Bertz CT molecular complexity index is 85.0. The highest BCUT2D eigenvalue weighted by Gasteiger charge is 1.95. The average Bonchev–Trinajstić information content (AvgIpc) is 1.85. The Morgan fingerprint density at radius 3 is 2.89 bits per heavy atom. The molecule has 1 amide bonds. The molecule has 3 N–H and O–H groups in total. The molecule has 0 aromatic rings. The van der Waals surface area contributed by atoms with Crippen molar-refractivity contribution < 1.29 is 9.63 Å². The van der Waals surface area contributed by atoms with Gasteiger partial charge in [-0.2, -0.15) is 0 Å². The van der Waals surface area contributed by atoms with Gasteiger partial charge in [0.2, 0.25) is 5.91 Å². The summed E-state index contributed by atoms with van der Waals surface area (Å²) in [6.45, 7) is 4.02. The van der Waals surface area contributed by atoms with Crippen molar-refractivity contribution in [3.8, 4) is 0 Å². The third-order valence-corrected chi connectivity index (χ3v) is 0.713. The van der Waals surface area contributed by atoms with Gasteiger partial charge in [0.25, 0.3) is 0 Å². The third-order valence-electron chi connectivity index (χ3n) is 0.713. The number of hydrogen-bond donors (Lipinski definition) is 2. The van der Waals surface area contributed by atoms with E-state index in [2.05, 4.69) is 23.0 Å². The van der Waals surface area contributed by atoms with Gasteiger partial charge in [0.1, 0.15) is 6.61 Å². The van der Waals surface area contributed by atoms with Gasteiger partial charge < -0.3 is 5.32 Å². The molecule has 0 spiro atoms. The molecule has 4 nitrogen and oxygen atoms in total. The van der Waals surface area contributed by atoms with Gasteiger partial charge >= 0.3 is 0 Å². The van der Waals surface area contributed by atoms with E-state index in [-0.39, 0.29) is 12.5 Å². The van der Waals surface area contributed by atoms with Crippen molar-refractivity contribution in [2.24, 2.45) is 5.90 Å². The minimum Gasteiger partial charge on any atom is -0.354 e. The van der Waals surface area contributed by atoms with Crippen LogP contribution in [0.4, 0.5) is 0 Å². The van der Waals surface area contributed by atoms with Crippen molar-refractivity contribution in [1.29, 1.82) is 0 Å². The van der Waals surface area contributed by atoms with Crippen LogP contribution in [0.25, 0.3) is 0 Å². The van der Waals surface area contributed by atoms with E-state index in [1.807, 2.05) is 0 Å². The molecular weight excluding hydrogens is 120 g/mol. The molecule has 0 unspecified atom stereocenters. The standard InChI is InChI=1S/C5H11N2O2/c1-2-3-7-5(8)4-9-6/h1-4,6H2,(H,7,8). The van der Waals surface area contributed by atoms with E-state index >= 15 is 0 Å². The van der Waals surface area contributed by atoms with Crippen molar-refractivity contribution in [3.63, 3.8) is 0 Å². The summed E-state index contributed by atoms with van der Waals surface area (Å²) in [6, 6.07) is 0. The molecule has 0 aliphatic rings. The lowest BCUT2D eigenvalue weighted by Gasteiger charge is -1.99. The summed E-state index contributed by atoms with van der Waals surface area (Å²) < 4.78 is 0. The number of nitrogens with one attached hydrogen (secondary N) is 1. The summed E-state index contributed by atoms with van der Waals surface area (Å²) in [5.41, 5.74) is 0. The highest BCUT2D eigenvalue weighted by atomic mass is 16.6. The molecule has 1 radical (unpaired) electrons. The summed E-state index contributed by atoms with van der Waals surface area (Å²) in [5, 5.41) is 2.53. The second kappa shape index (κ2) is 5.53. The fourth-order valence-electron chi connectivity index (χ4n) is 0.355. The quantitative estimate of drug-likeness (QED) is 0.492. The van der Waals surface area contributed by atoms with E-state index in [0.29, 0.717) is 13.0 Å². The van der Waals surface area contributed by atoms with Crippen LogP contribution in [0.15, 0.2) is 0 Å². The smallest absolute Gasteiger partial charge is 0.248 e. The van der Waals surface area contributed by atoms with E-state index in [1.165, 1.54) is 0 Å². The van der Waals surface area contributed by atoms with Crippen LogP contribution in [0.5, 0.6) is 0 Å². The first kappa shape index (κ1) is 8.39. The minimum atomic E-state index is -0.207. The van der Waals surface area contributed by atoms with Crippen molar-refractivity contribution in [1.82, 2.24) is 5.32 Å². The molecule has 0 aromatic carbocycles. The lowest BCUT2D eigenvalue weighted by Crippen LogP contribution is -2.29. The maximum Gasteiger partial charge on any atom is 0.248 e. The Kier molecular flexibility index (Phi) is 5.15. The largest absolute Gasteiger partial charge is 0.354 e. The van der Waals surface area contributed by atoms with Crippen LogP contribution in [-0.2, 0) is 9.63 Å². The minimum absolute atomic E-state index is 0.0833. The molecule has 0 heterocycles. The molecule has 0 bridgehead atoms. The molecule has 0 rings (SSSR count). The van der Waals surface area contributed by atoms with Gasteiger partial charge in [0, 0.05) is 6.54 Å². The first-order valence-corrected chi connectivity index (χ1v) is 2.69. The zero-order chi connectivity index (χ0) is 7.11. The average molecular weight is 131 g/mol. The number of carbonyl (C=O) groups excluding carboxylic acids is 1. The summed E-state index contributed by atoms with van der Waals surface area (Å²) >= 11 is 0. The molecule has 0 saturated carbocycles. The second-order valence-corrected chi connectivity index (χ2v) is 1.51. The van der Waals surface area contributed by atoms with Crippen LogP contribution in [-0.4, -0.2) is 19.1 Å². The predicted molar refractivity (Wildman–Crippen MR) is 33.1 cm³/mol. The first-order chi connectivity index (χ1) is 4.31. The number of carbonyl (C=O) groups is 1. The fraction of sp³-hybridized carbons (Fsp3) is 0.600. The number of rotatable bonds is 4. The third kappa shape index (κ3) is 5.26. The molecule has 0 saturated heterocycles. The number of amides is 1. The molecule has 53 valence electrons. The monoisotopic (exact) mass is 131 g/mol. The van der Waals surface area contributed by atoms with Crippen LogP contribution in [0.1, 0.15) is 6.42 Å². The van der Waals surface area contributed by atoms with E-state index in [0.717, 1.165) is 0 Å². The molecule has 0 atom stereocenters. The summed E-state index contributed by atoms with van der Waals surface area (Å²) in [6.07, 6.45) is 0.677. The van der Waals surface area contributed by atoms with Gasteiger partial charge in [-0.1, -0.05) is 6.92 Å². The van der Waals surface area contributed by atoms with Gasteiger partial charge in [-0.3, -0.25) is 9.63 Å². The van der Waals surface area contributed by atoms with E-state index in [1.54, 1.807) is 0 Å². The molecule has 0 aliphatic heterocycles. The number of hydrogen-bond acceptors (Lipinski definition) is 3. The van der Waals surface area contributed by atoms with Gasteiger partial charge in [0.05, 0.1) is 0 Å². The van der Waals surface area contributed by atoms with Crippen LogP contribution in [0.3, 0.4) is 0 Å². The first-order valence-electron chi connectivity index (χ1n) is 2.69. The Morgan fingerprint density at radius 1 is 1.78 bits per heavy atom. The Hall–Kier alpha value is -0.610. The van der Waals surface area contributed by atoms with E-state index in [4.69, 9.17) is 0 Å². The number of nitrogens with two attached hydrogens (primary N) is 1. The molecule has 0 fully saturated rings. The van der Waals surface area contributed by atoms with Crippen LogP contribution in [0.2, 0.25) is 0 Å². The van der Waals surface area contributed by atoms with Crippen molar-refractivity contribution in [2.75, 3.05) is 13.2 Å². The van der Waals surface area contributed by atoms with Crippen molar-refractivity contribution in [3.05, 3.63) is 6.92 Å². The molecular formula is C5H11N2O2. The molecule has 9 heavy (non-hydrogen) atoms. The Balaban J connectivity index is 3.06. The summed E-state index contributed by atoms with van der Waals surface area (Å²) in [4.78, 5) is 14.5. The molecule has 0 aliphatic carbocycles. The lowest BCUT2D eigenvalue weighted by atomic mass is 10.5. The summed E-state index contributed by atoms with van der Waals surface area (Å²) in [7, 11) is 0. The maximum atomic E-state index is 10.5. The van der Waals surface area contributed by atoms with Crippen LogP contribution < -0.4 is 11.2 Å². The lowest BCUT2D eigenvalue weighted by molar-refractivity contribution is -0.125. The zero-order valence-electron chi connectivity index (χ0n) is 5.22. The van der Waals surface area contributed by atoms with Gasteiger partial charge in [-0.25, -0.2) is 5.90 Å². The zero-order valence-corrected chi connectivity index (χ0v) is 5.22. The van der Waals surface area contributed by atoms with E-state index in [9.17, 15) is 4.79 Å². The van der Waals surface area contributed by atoms with E-state index < -0.39 is 0 Å². The highest BCUT2D eigenvalue weighted by Crippen LogP contribution is 1.70. The molecule has 0 aromatic heterocycles. The highest BCUT2D eigenvalue weighted by molar-refractivity contribution is 5.77. The SMILES string of the molecule is [CH2]CCNC(=O)CON. The Labute approximate surface area is 54.3 Å². The summed E-state index contributed by atoms with van der Waals surface area (Å²) in [5.74, 6) is 4.42. The fourth-order valence-corrected chi connectivity index (χ4v) is 0.355. The predicted octanol–water partition coefficient (Wildman–Crippen LogP) is -0.783. The second-order valence-electron chi connectivity index (χ2n) is 1.51. The van der Waals surface area contributed by atoms with Crippen molar-refractivity contribution >= 4 is 5.91 Å². The maximum absolute atomic E-state index is 10.5. The van der Waals surface area contributed by atoms with Gasteiger partial charge in [0.15, 0.2) is 0 Å². The molecule has 4 heteroatoms. The topological polar surface area (TPSA) is 64.3 Å². The van der Waals surface area contributed by atoms with Crippen molar-refractivity contribution in [2.45, 2.75) is 6.42 Å².